The fraction of sp³-hybridized carbons (Fsp3) is 0.500. The number of benzene rings is 1. The lowest BCUT2D eigenvalue weighted by atomic mass is 9.97. The zero-order valence-corrected chi connectivity index (χ0v) is 15.1. The third-order valence-corrected chi connectivity index (χ3v) is 4.96. The number of likely N-dealkylation sites (tertiary alicyclic amines) is 1. The van der Waals surface area contributed by atoms with Gasteiger partial charge in [0.2, 0.25) is 0 Å². The molecule has 5 heteroatoms. The van der Waals surface area contributed by atoms with E-state index in [0.717, 1.165) is 35.9 Å². The van der Waals surface area contributed by atoms with Gasteiger partial charge < -0.3 is 9.15 Å². The van der Waals surface area contributed by atoms with E-state index in [4.69, 9.17) is 9.15 Å². The molecular weight excluding hydrogens is 318 g/mol. The predicted octanol–water partition coefficient (Wildman–Crippen LogP) is 3.18. The SMILES string of the molecule is CCOC(=O)[C@@H]1CCCN(Cc2cc(=O)oc3cc(C)c(C)cc23)C1. The maximum absolute atomic E-state index is 12.0. The molecule has 0 unspecified atom stereocenters. The second-order valence-corrected chi connectivity index (χ2v) is 6.85. The standard InChI is InChI=1S/C20H25NO4/c1-4-24-20(23)15-6-5-7-21(11-15)12-16-10-19(22)25-18-9-14(3)13(2)8-17(16)18/h8-10,15H,4-7,11-12H2,1-3H3/t15-/m1/s1. The first-order valence-electron chi connectivity index (χ1n) is 8.91. The lowest BCUT2D eigenvalue weighted by Crippen LogP contribution is -2.39. The van der Waals surface area contributed by atoms with Crippen LogP contribution in [-0.4, -0.2) is 30.6 Å². The molecular formula is C20H25NO4. The van der Waals surface area contributed by atoms with E-state index in [1.54, 1.807) is 6.07 Å². The molecule has 1 aromatic heterocycles. The number of rotatable bonds is 4. The summed E-state index contributed by atoms with van der Waals surface area (Å²) in [6.07, 6.45) is 1.83. The molecule has 2 aromatic rings. The number of piperidine rings is 1. The maximum atomic E-state index is 12.0. The number of hydrogen-bond donors (Lipinski definition) is 0. The van der Waals surface area contributed by atoms with Gasteiger partial charge in [-0.25, -0.2) is 4.79 Å². The first kappa shape index (κ1) is 17.7. The lowest BCUT2D eigenvalue weighted by molar-refractivity contribution is -0.150. The van der Waals surface area contributed by atoms with Crippen LogP contribution in [0.3, 0.4) is 0 Å². The molecule has 2 heterocycles. The highest BCUT2D eigenvalue weighted by molar-refractivity contribution is 5.81. The number of carbonyl (C=O) groups is 1. The fourth-order valence-electron chi connectivity index (χ4n) is 3.51. The molecule has 0 saturated carbocycles. The van der Waals surface area contributed by atoms with Gasteiger partial charge in [0.05, 0.1) is 12.5 Å². The summed E-state index contributed by atoms with van der Waals surface area (Å²) in [5.41, 5.74) is 3.53. The van der Waals surface area contributed by atoms with E-state index < -0.39 is 0 Å². The minimum Gasteiger partial charge on any atom is -0.466 e. The van der Waals surface area contributed by atoms with E-state index in [0.29, 0.717) is 25.3 Å². The van der Waals surface area contributed by atoms with Crippen LogP contribution in [0.4, 0.5) is 0 Å². The van der Waals surface area contributed by atoms with Crippen molar-refractivity contribution in [1.29, 1.82) is 0 Å². The molecule has 0 bridgehead atoms. The fourth-order valence-corrected chi connectivity index (χ4v) is 3.51. The molecule has 1 atom stereocenters. The van der Waals surface area contributed by atoms with Crippen LogP contribution in [0.25, 0.3) is 11.0 Å². The molecule has 0 radical (unpaired) electrons. The van der Waals surface area contributed by atoms with Crippen molar-refractivity contribution in [2.24, 2.45) is 5.92 Å². The van der Waals surface area contributed by atoms with Gasteiger partial charge in [0.25, 0.3) is 0 Å². The van der Waals surface area contributed by atoms with Crippen LogP contribution in [0.1, 0.15) is 36.5 Å². The van der Waals surface area contributed by atoms with Crippen molar-refractivity contribution in [3.05, 3.63) is 45.3 Å². The molecule has 1 aliphatic heterocycles. The Morgan fingerprint density at radius 3 is 2.80 bits per heavy atom. The summed E-state index contributed by atoms with van der Waals surface area (Å²) >= 11 is 0. The molecule has 5 nitrogen and oxygen atoms in total. The smallest absolute Gasteiger partial charge is 0.336 e. The number of fused-ring (bicyclic) bond motifs is 1. The maximum Gasteiger partial charge on any atom is 0.336 e. The van der Waals surface area contributed by atoms with Crippen molar-refractivity contribution in [3.8, 4) is 0 Å². The Labute approximate surface area is 147 Å². The highest BCUT2D eigenvalue weighted by atomic mass is 16.5. The molecule has 0 amide bonds. The van der Waals surface area contributed by atoms with Gasteiger partial charge in [-0.3, -0.25) is 9.69 Å². The average molecular weight is 343 g/mol. The van der Waals surface area contributed by atoms with Crippen molar-refractivity contribution in [3.63, 3.8) is 0 Å². The minimum atomic E-state index is -0.329. The van der Waals surface area contributed by atoms with E-state index in [1.807, 2.05) is 19.9 Å². The summed E-state index contributed by atoms with van der Waals surface area (Å²) in [7, 11) is 0. The Bertz CT molecular complexity index is 839. The third kappa shape index (κ3) is 3.93. The number of aryl methyl sites for hydroxylation is 2. The van der Waals surface area contributed by atoms with Gasteiger partial charge in [-0.1, -0.05) is 0 Å². The zero-order valence-electron chi connectivity index (χ0n) is 15.1. The largest absolute Gasteiger partial charge is 0.466 e. The molecule has 134 valence electrons. The lowest BCUT2D eigenvalue weighted by Gasteiger charge is -2.31. The molecule has 3 rings (SSSR count). The van der Waals surface area contributed by atoms with Gasteiger partial charge in [-0.2, -0.15) is 0 Å². The third-order valence-electron chi connectivity index (χ3n) is 4.96. The van der Waals surface area contributed by atoms with Crippen molar-refractivity contribution < 1.29 is 13.9 Å². The molecule has 0 spiro atoms. The second-order valence-electron chi connectivity index (χ2n) is 6.85. The van der Waals surface area contributed by atoms with Crippen LogP contribution in [0, 0.1) is 19.8 Å². The molecule has 25 heavy (non-hydrogen) atoms. The Morgan fingerprint density at radius 2 is 2.04 bits per heavy atom. The van der Waals surface area contributed by atoms with E-state index in [-0.39, 0.29) is 17.5 Å². The predicted molar refractivity (Wildman–Crippen MR) is 96.6 cm³/mol. The van der Waals surface area contributed by atoms with E-state index in [9.17, 15) is 9.59 Å². The van der Waals surface area contributed by atoms with Crippen LogP contribution < -0.4 is 5.63 Å². The van der Waals surface area contributed by atoms with Crippen molar-refractivity contribution in [1.82, 2.24) is 4.90 Å². The van der Waals surface area contributed by atoms with Crippen molar-refractivity contribution >= 4 is 16.9 Å². The molecule has 0 aliphatic carbocycles. The number of esters is 1. The summed E-state index contributed by atoms with van der Waals surface area (Å²) in [6.45, 7) is 8.54. The molecule has 0 N–H and O–H groups in total. The van der Waals surface area contributed by atoms with Crippen LogP contribution >= 0.6 is 0 Å². The van der Waals surface area contributed by atoms with Crippen molar-refractivity contribution in [2.75, 3.05) is 19.7 Å². The second kappa shape index (κ2) is 7.40. The van der Waals surface area contributed by atoms with Gasteiger partial charge in [0, 0.05) is 24.5 Å². The quantitative estimate of drug-likeness (QED) is 0.630. The van der Waals surface area contributed by atoms with Gasteiger partial charge in [0.1, 0.15) is 5.58 Å². The molecule has 1 aromatic carbocycles. The highest BCUT2D eigenvalue weighted by Gasteiger charge is 2.27. The molecule has 1 saturated heterocycles. The summed E-state index contributed by atoms with van der Waals surface area (Å²) in [6, 6.07) is 5.58. The average Bonchev–Trinajstić information content (AvgIpc) is 2.57. The van der Waals surface area contributed by atoms with Crippen molar-refractivity contribution in [2.45, 2.75) is 40.2 Å². The number of hydrogen-bond acceptors (Lipinski definition) is 5. The first-order chi connectivity index (χ1) is 12.0. The van der Waals surface area contributed by atoms with E-state index >= 15 is 0 Å². The number of nitrogens with zero attached hydrogens (tertiary/aromatic N) is 1. The summed E-state index contributed by atoms with van der Waals surface area (Å²) in [4.78, 5) is 26.2. The normalized spacial score (nSPS) is 18.4. The minimum absolute atomic E-state index is 0.0796. The van der Waals surface area contributed by atoms with E-state index in [2.05, 4.69) is 17.9 Å². The topological polar surface area (TPSA) is 59.8 Å². The highest BCUT2D eigenvalue weighted by Crippen LogP contribution is 2.25. The Balaban J connectivity index is 1.86. The van der Waals surface area contributed by atoms with Gasteiger partial charge >= 0.3 is 11.6 Å². The van der Waals surface area contributed by atoms with Crippen LogP contribution in [0.2, 0.25) is 0 Å². The van der Waals surface area contributed by atoms with Crippen LogP contribution in [0.5, 0.6) is 0 Å². The molecule has 1 aliphatic rings. The summed E-state index contributed by atoms with van der Waals surface area (Å²) in [5, 5.41) is 0.973. The first-order valence-corrected chi connectivity index (χ1v) is 8.91. The Hall–Kier alpha value is -2.14. The van der Waals surface area contributed by atoms with Crippen LogP contribution in [0.15, 0.2) is 27.4 Å². The van der Waals surface area contributed by atoms with Gasteiger partial charge in [-0.05, 0) is 69.0 Å². The van der Waals surface area contributed by atoms with E-state index in [1.165, 1.54) is 5.56 Å². The summed E-state index contributed by atoms with van der Waals surface area (Å²) in [5.74, 6) is -0.194. The molecule has 1 fully saturated rings. The summed E-state index contributed by atoms with van der Waals surface area (Å²) < 4.78 is 10.5. The van der Waals surface area contributed by atoms with Crippen LogP contribution in [-0.2, 0) is 16.1 Å². The van der Waals surface area contributed by atoms with Gasteiger partial charge in [0.15, 0.2) is 0 Å². The number of ether oxygens (including phenoxy) is 1. The monoisotopic (exact) mass is 343 g/mol. The zero-order chi connectivity index (χ0) is 18.0. The number of carbonyl (C=O) groups excluding carboxylic acids is 1. The Kier molecular flexibility index (Phi) is 5.23. The van der Waals surface area contributed by atoms with Gasteiger partial charge in [-0.15, -0.1) is 0 Å². The Morgan fingerprint density at radius 1 is 1.28 bits per heavy atom.